The average Bonchev–Trinajstić information content (AvgIpc) is 3.56. The van der Waals surface area contributed by atoms with Crippen molar-refractivity contribution < 1.29 is 11.6 Å². The van der Waals surface area contributed by atoms with Crippen molar-refractivity contribution in [3.8, 4) is 11.4 Å². The highest BCUT2D eigenvalue weighted by atomic mass is 32.1. The Kier molecular flexibility index (Phi) is 4.19. The molecule has 0 bridgehead atoms. The number of thiazole rings is 1. The monoisotopic (exact) mass is 449 g/mol. The lowest BCUT2D eigenvalue weighted by Crippen LogP contribution is -2.36. The molecule has 162 valence electrons. The minimum atomic E-state index is -0.512. The Labute approximate surface area is 197 Å². The van der Waals surface area contributed by atoms with Crippen LogP contribution in [0.2, 0.25) is 0 Å². The summed E-state index contributed by atoms with van der Waals surface area (Å²) in [6.45, 7) is 0.637. The van der Waals surface area contributed by atoms with Crippen molar-refractivity contribution >= 4 is 32.6 Å². The van der Waals surface area contributed by atoms with Crippen LogP contribution in [-0.4, -0.2) is 32.9 Å². The SMILES string of the molecule is [2H]c1c([2H])c([2H])c(-c2nc3sc(N4CCC[C@@H]4C(=O)CCc4ccccc4)nc3c(=O)n2C)c([2H])c1[2H]. The molecule has 5 rings (SSSR count). The summed E-state index contributed by atoms with van der Waals surface area (Å²) in [4.78, 5) is 37.6. The van der Waals surface area contributed by atoms with Crippen LogP contribution >= 0.6 is 11.3 Å². The summed E-state index contributed by atoms with van der Waals surface area (Å²) in [6.07, 6.45) is 2.61. The van der Waals surface area contributed by atoms with Gasteiger partial charge in [0.15, 0.2) is 21.3 Å². The summed E-state index contributed by atoms with van der Waals surface area (Å²) < 4.78 is 41.5. The molecule has 1 aliphatic heterocycles. The number of fused-ring (bicyclic) bond motifs is 1. The van der Waals surface area contributed by atoms with Crippen molar-refractivity contribution in [3.05, 3.63) is 76.5 Å². The molecule has 2 aromatic heterocycles. The number of carbonyl (C=O) groups excluding carboxylic acids is 1. The van der Waals surface area contributed by atoms with Gasteiger partial charge in [-0.1, -0.05) is 71.9 Å². The maximum absolute atomic E-state index is 13.2. The fraction of sp³-hybridized carbons (Fsp3) is 0.280. The van der Waals surface area contributed by atoms with Crippen LogP contribution in [0.5, 0.6) is 0 Å². The molecule has 0 aliphatic carbocycles. The number of benzene rings is 2. The molecule has 1 aliphatic rings. The highest BCUT2D eigenvalue weighted by molar-refractivity contribution is 7.21. The highest BCUT2D eigenvalue weighted by Crippen LogP contribution is 2.33. The summed E-state index contributed by atoms with van der Waals surface area (Å²) in [5.41, 5.74) is 0.604. The standard InChI is InChI=1S/C25H24N4O2S/c1-28-22(18-11-6-3-7-12-18)27-23-21(24(28)31)26-25(32-23)29-16-8-13-19(29)20(30)15-14-17-9-4-2-5-10-17/h2-7,9-12,19H,8,13-16H2,1H3/t19-/m1/s1/i3D,6D,7D,11D,12D. The van der Waals surface area contributed by atoms with Gasteiger partial charge in [-0.05, 0) is 24.8 Å². The second-order valence-corrected chi connectivity index (χ2v) is 8.71. The molecule has 7 heteroatoms. The number of anilines is 1. The molecule has 1 saturated heterocycles. The Morgan fingerprint density at radius 3 is 2.75 bits per heavy atom. The van der Waals surface area contributed by atoms with Crippen LogP contribution in [0.4, 0.5) is 5.13 Å². The molecule has 0 saturated carbocycles. The zero-order valence-corrected chi connectivity index (χ0v) is 18.3. The number of hydrogen-bond acceptors (Lipinski definition) is 6. The molecular formula is C25H24N4O2S. The van der Waals surface area contributed by atoms with E-state index in [1.54, 1.807) is 0 Å². The molecule has 0 spiro atoms. The third-order valence-corrected chi connectivity index (χ3v) is 6.71. The Morgan fingerprint density at radius 2 is 1.97 bits per heavy atom. The van der Waals surface area contributed by atoms with E-state index in [1.165, 1.54) is 18.4 Å². The Bertz CT molecular complexity index is 1560. The maximum Gasteiger partial charge on any atom is 0.281 e. The van der Waals surface area contributed by atoms with Crippen molar-refractivity contribution in [2.45, 2.75) is 31.7 Å². The van der Waals surface area contributed by atoms with Crippen LogP contribution in [0.15, 0.2) is 65.3 Å². The molecule has 0 amide bonds. The number of aryl methyl sites for hydroxylation is 1. The van der Waals surface area contributed by atoms with Crippen molar-refractivity contribution in [1.82, 2.24) is 14.5 Å². The summed E-state index contributed by atoms with van der Waals surface area (Å²) in [7, 11) is 1.44. The van der Waals surface area contributed by atoms with Gasteiger partial charge in [-0.2, -0.15) is 0 Å². The predicted octanol–water partition coefficient (Wildman–Crippen LogP) is 4.23. The zero-order chi connectivity index (χ0) is 26.4. The first kappa shape index (κ1) is 15.5. The van der Waals surface area contributed by atoms with Crippen molar-refractivity contribution in [1.29, 1.82) is 0 Å². The van der Waals surface area contributed by atoms with E-state index in [1.807, 2.05) is 35.2 Å². The fourth-order valence-electron chi connectivity index (χ4n) is 4.06. The molecule has 4 aromatic rings. The predicted molar refractivity (Wildman–Crippen MR) is 128 cm³/mol. The fourth-order valence-corrected chi connectivity index (χ4v) is 5.07. The van der Waals surface area contributed by atoms with Gasteiger partial charge in [-0.3, -0.25) is 14.2 Å². The van der Waals surface area contributed by atoms with E-state index in [9.17, 15) is 9.59 Å². The number of nitrogens with zero attached hydrogens (tertiary/aromatic N) is 4. The van der Waals surface area contributed by atoms with Gasteiger partial charge in [0, 0.05) is 25.6 Å². The van der Waals surface area contributed by atoms with Crippen LogP contribution in [0.25, 0.3) is 21.7 Å². The first-order chi connectivity index (χ1) is 17.7. The molecule has 2 aromatic carbocycles. The van der Waals surface area contributed by atoms with Crippen LogP contribution in [-0.2, 0) is 18.3 Å². The van der Waals surface area contributed by atoms with E-state index < -0.39 is 35.8 Å². The Balaban J connectivity index is 1.51. The molecule has 1 atom stereocenters. The van der Waals surface area contributed by atoms with E-state index in [-0.39, 0.29) is 28.7 Å². The van der Waals surface area contributed by atoms with Crippen LogP contribution in [0.1, 0.15) is 31.7 Å². The van der Waals surface area contributed by atoms with Gasteiger partial charge in [0.25, 0.3) is 5.56 Å². The van der Waals surface area contributed by atoms with E-state index in [0.29, 0.717) is 35.8 Å². The lowest BCUT2D eigenvalue weighted by Gasteiger charge is -2.22. The lowest BCUT2D eigenvalue weighted by atomic mass is 10.0. The van der Waals surface area contributed by atoms with E-state index in [4.69, 9.17) is 6.85 Å². The maximum atomic E-state index is 13.2. The molecule has 3 heterocycles. The number of ketones is 1. The molecule has 0 radical (unpaired) electrons. The van der Waals surface area contributed by atoms with Crippen LogP contribution in [0, 0.1) is 0 Å². The number of aromatic nitrogens is 3. The molecule has 1 fully saturated rings. The summed E-state index contributed by atoms with van der Waals surface area (Å²) in [5.74, 6) is 0.0999. The summed E-state index contributed by atoms with van der Waals surface area (Å²) >= 11 is 1.17. The number of carbonyl (C=O) groups is 1. The van der Waals surface area contributed by atoms with E-state index in [2.05, 4.69) is 9.97 Å². The molecule has 0 unspecified atom stereocenters. The van der Waals surface area contributed by atoms with Gasteiger partial charge in [-0.25, -0.2) is 9.97 Å². The molecule has 6 nitrogen and oxygen atoms in total. The van der Waals surface area contributed by atoms with Gasteiger partial charge >= 0.3 is 0 Å². The van der Waals surface area contributed by atoms with Gasteiger partial charge in [0.05, 0.1) is 12.9 Å². The topological polar surface area (TPSA) is 68.1 Å². The minimum Gasteiger partial charge on any atom is -0.338 e. The van der Waals surface area contributed by atoms with Crippen molar-refractivity contribution in [3.63, 3.8) is 0 Å². The zero-order valence-electron chi connectivity index (χ0n) is 22.5. The van der Waals surface area contributed by atoms with Crippen molar-refractivity contribution in [2.75, 3.05) is 11.4 Å². The third-order valence-electron chi connectivity index (χ3n) is 5.73. The lowest BCUT2D eigenvalue weighted by molar-refractivity contribution is -0.120. The molecular weight excluding hydrogens is 420 g/mol. The second kappa shape index (κ2) is 8.67. The first-order valence-corrected chi connectivity index (χ1v) is 11.3. The summed E-state index contributed by atoms with van der Waals surface area (Å²) in [5, 5.41) is 0.522. The Morgan fingerprint density at radius 1 is 1.19 bits per heavy atom. The van der Waals surface area contributed by atoms with Gasteiger partial charge in [0.2, 0.25) is 0 Å². The van der Waals surface area contributed by atoms with Crippen LogP contribution < -0.4 is 10.5 Å². The molecule has 32 heavy (non-hydrogen) atoms. The average molecular weight is 450 g/mol. The number of Topliss-reactive ketones (excluding diaryl/α,β-unsaturated/α-hetero) is 1. The second-order valence-electron chi connectivity index (χ2n) is 7.75. The van der Waals surface area contributed by atoms with Crippen molar-refractivity contribution in [2.24, 2.45) is 7.05 Å². The molecule has 0 N–H and O–H groups in total. The van der Waals surface area contributed by atoms with E-state index in [0.717, 1.165) is 16.6 Å². The summed E-state index contributed by atoms with van der Waals surface area (Å²) in [6, 6.07) is 7.16. The quantitative estimate of drug-likeness (QED) is 0.441. The van der Waals surface area contributed by atoms with Gasteiger partial charge in [0.1, 0.15) is 5.82 Å². The minimum absolute atomic E-state index is 0.0263. The Hall–Kier alpha value is -3.32. The number of rotatable bonds is 6. The normalized spacial score (nSPS) is 18.2. The highest BCUT2D eigenvalue weighted by Gasteiger charge is 2.32. The first-order valence-electron chi connectivity index (χ1n) is 13.0. The van der Waals surface area contributed by atoms with Gasteiger partial charge < -0.3 is 4.90 Å². The third kappa shape index (κ3) is 3.84. The number of hydrogen-bond donors (Lipinski definition) is 0. The van der Waals surface area contributed by atoms with Gasteiger partial charge in [-0.15, -0.1) is 0 Å². The largest absolute Gasteiger partial charge is 0.338 e. The van der Waals surface area contributed by atoms with E-state index >= 15 is 0 Å². The van der Waals surface area contributed by atoms with Crippen LogP contribution in [0.3, 0.4) is 0 Å². The smallest absolute Gasteiger partial charge is 0.281 e.